The van der Waals surface area contributed by atoms with Gasteiger partial charge in [0.05, 0.1) is 0 Å². The van der Waals surface area contributed by atoms with E-state index in [1.54, 1.807) is 6.08 Å². The number of ether oxygens (including phenoxy) is 1. The number of rotatable bonds is 4. The van der Waals surface area contributed by atoms with E-state index in [-0.39, 0.29) is 17.7 Å². The molecule has 6 nitrogen and oxygen atoms in total. The topological polar surface area (TPSA) is 84.5 Å². The molecule has 1 rings (SSSR count). The molecule has 130 valence electrons. The van der Waals surface area contributed by atoms with Crippen molar-refractivity contribution in [1.82, 2.24) is 10.6 Å². The molecule has 1 aliphatic rings. The second-order valence-corrected chi connectivity index (χ2v) is 7.23. The third-order valence-corrected chi connectivity index (χ3v) is 3.87. The maximum atomic E-state index is 13.0. The Labute approximate surface area is 138 Å². The Balaban J connectivity index is 3.26. The zero-order valence-corrected chi connectivity index (χ0v) is 14.7. The molecule has 0 aromatic heterocycles. The second kappa shape index (κ2) is 7.15. The van der Waals surface area contributed by atoms with E-state index in [2.05, 4.69) is 17.2 Å². The molecule has 0 heterocycles. The summed E-state index contributed by atoms with van der Waals surface area (Å²) >= 11 is 0. The molecule has 0 aromatic carbocycles. The van der Waals surface area contributed by atoms with Gasteiger partial charge in [-0.25, -0.2) is 0 Å². The largest absolute Gasteiger partial charge is 0.459 e. The summed E-state index contributed by atoms with van der Waals surface area (Å²) in [6, 6.07) is 0. The molecule has 6 heteroatoms. The van der Waals surface area contributed by atoms with Crippen LogP contribution in [0, 0.1) is 5.92 Å². The quantitative estimate of drug-likeness (QED) is 0.609. The van der Waals surface area contributed by atoms with Crippen LogP contribution >= 0.6 is 0 Å². The van der Waals surface area contributed by atoms with E-state index >= 15 is 0 Å². The highest BCUT2D eigenvalue weighted by molar-refractivity contribution is 5.92. The van der Waals surface area contributed by atoms with E-state index in [1.165, 1.54) is 13.8 Å². The molecule has 1 saturated carbocycles. The van der Waals surface area contributed by atoms with E-state index in [1.807, 2.05) is 20.8 Å². The molecule has 0 bridgehead atoms. The highest BCUT2D eigenvalue weighted by atomic mass is 16.5. The minimum atomic E-state index is -1.28. The van der Waals surface area contributed by atoms with Gasteiger partial charge in [-0.2, -0.15) is 0 Å². The Morgan fingerprint density at radius 2 is 1.83 bits per heavy atom. The fraction of sp³-hybridized carbons (Fsp3) is 0.706. The van der Waals surface area contributed by atoms with Gasteiger partial charge in [0.1, 0.15) is 6.10 Å². The Morgan fingerprint density at radius 1 is 1.22 bits per heavy atom. The summed E-state index contributed by atoms with van der Waals surface area (Å²) in [5.41, 5.74) is -1.74. The Bertz CT molecular complexity index is 495. The van der Waals surface area contributed by atoms with Gasteiger partial charge in [0.25, 0.3) is 0 Å². The van der Waals surface area contributed by atoms with Crippen molar-refractivity contribution in [3.05, 3.63) is 12.7 Å². The molecule has 0 spiro atoms. The summed E-state index contributed by atoms with van der Waals surface area (Å²) < 4.78 is 5.39. The molecule has 3 atom stereocenters. The van der Waals surface area contributed by atoms with E-state index in [4.69, 9.17) is 4.74 Å². The maximum Gasteiger partial charge on any atom is 0.303 e. The molecule has 0 aromatic rings. The van der Waals surface area contributed by atoms with E-state index in [0.29, 0.717) is 12.8 Å². The molecule has 23 heavy (non-hydrogen) atoms. The van der Waals surface area contributed by atoms with Crippen LogP contribution in [0.1, 0.15) is 53.9 Å². The number of amides is 2. The Morgan fingerprint density at radius 3 is 2.26 bits per heavy atom. The Hall–Kier alpha value is -1.85. The first-order chi connectivity index (χ1) is 10.5. The van der Waals surface area contributed by atoms with Gasteiger partial charge in [0.2, 0.25) is 11.8 Å². The van der Waals surface area contributed by atoms with Crippen LogP contribution in [-0.4, -0.2) is 35.0 Å². The van der Waals surface area contributed by atoms with Crippen LogP contribution in [0.15, 0.2) is 12.7 Å². The number of carbonyl (C=O) groups is 3. The van der Waals surface area contributed by atoms with Crippen molar-refractivity contribution in [2.75, 3.05) is 0 Å². The highest BCUT2D eigenvalue weighted by Crippen LogP contribution is 2.36. The van der Waals surface area contributed by atoms with Gasteiger partial charge < -0.3 is 15.4 Å². The van der Waals surface area contributed by atoms with Crippen molar-refractivity contribution in [2.45, 2.75) is 71.1 Å². The molecule has 0 radical (unpaired) electrons. The van der Waals surface area contributed by atoms with Crippen LogP contribution in [0.4, 0.5) is 0 Å². The van der Waals surface area contributed by atoms with Crippen molar-refractivity contribution in [3.8, 4) is 0 Å². The molecule has 2 N–H and O–H groups in total. The standard InChI is InChI=1S/C17H28N2O4/c1-7-13-8-9-14(23-12(3)21)17(10-13,18-11(2)20)15(22)19-16(4,5)6/h7,13-14H,1,8-10H2,2-6H3,(H,18,20)(H,19,22). The van der Waals surface area contributed by atoms with Gasteiger partial charge in [-0.3, -0.25) is 14.4 Å². The number of allylic oxidation sites excluding steroid dienone is 1. The van der Waals surface area contributed by atoms with Crippen LogP contribution in [0.25, 0.3) is 0 Å². The SMILES string of the molecule is C=CC1CCC(OC(C)=O)C(NC(C)=O)(C(=O)NC(C)(C)C)C1. The van der Waals surface area contributed by atoms with Crippen molar-refractivity contribution < 1.29 is 19.1 Å². The third kappa shape index (κ3) is 5.08. The summed E-state index contributed by atoms with van der Waals surface area (Å²) in [7, 11) is 0. The number of nitrogens with one attached hydrogen (secondary N) is 2. The number of hydrogen-bond acceptors (Lipinski definition) is 4. The van der Waals surface area contributed by atoms with E-state index < -0.39 is 23.2 Å². The molecular formula is C17H28N2O4. The van der Waals surface area contributed by atoms with Crippen molar-refractivity contribution >= 4 is 17.8 Å². The fourth-order valence-corrected chi connectivity index (χ4v) is 3.01. The van der Waals surface area contributed by atoms with Gasteiger partial charge in [0, 0.05) is 19.4 Å². The van der Waals surface area contributed by atoms with Crippen LogP contribution in [-0.2, 0) is 19.1 Å². The molecule has 1 aliphatic carbocycles. The lowest BCUT2D eigenvalue weighted by molar-refractivity contribution is -0.161. The zero-order valence-electron chi connectivity index (χ0n) is 14.7. The lowest BCUT2D eigenvalue weighted by Gasteiger charge is -2.45. The predicted molar refractivity (Wildman–Crippen MR) is 87.5 cm³/mol. The molecule has 3 unspecified atom stereocenters. The lowest BCUT2D eigenvalue weighted by Crippen LogP contribution is -2.69. The van der Waals surface area contributed by atoms with Gasteiger partial charge in [0.15, 0.2) is 5.54 Å². The molecule has 2 amide bonds. The highest BCUT2D eigenvalue weighted by Gasteiger charge is 2.52. The smallest absolute Gasteiger partial charge is 0.303 e. The molecule has 0 aliphatic heterocycles. The minimum absolute atomic E-state index is 0.0689. The first-order valence-electron chi connectivity index (χ1n) is 7.91. The average molecular weight is 324 g/mol. The summed E-state index contributed by atoms with van der Waals surface area (Å²) in [5.74, 6) is -1.07. The van der Waals surface area contributed by atoms with E-state index in [0.717, 1.165) is 6.42 Å². The molecule has 0 saturated heterocycles. The second-order valence-electron chi connectivity index (χ2n) is 7.23. The van der Waals surface area contributed by atoms with Gasteiger partial charge in [-0.15, -0.1) is 6.58 Å². The summed E-state index contributed by atoms with van der Waals surface area (Å²) in [6.07, 6.45) is 2.70. The number of hydrogen-bond donors (Lipinski definition) is 2. The monoisotopic (exact) mass is 324 g/mol. The first kappa shape index (κ1) is 19.2. The summed E-state index contributed by atoms with van der Waals surface area (Å²) in [4.78, 5) is 36.2. The first-order valence-corrected chi connectivity index (χ1v) is 7.91. The molecular weight excluding hydrogens is 296 g/mol. The number of esters is 1. The normalized spacial score (nSPS) is 27.7. The van der Waals surface area contributed by atoms with Crippen LogP contribution in [0.3, 0.4) is 0 Å². The zero-order chi connectivity index (χ0) is 17.8. The van der Waals surface area contributed by atoms with Crippen LogP contribution in [0.5, 0.6) is 0 Å². The summed E-state index contributed by atoms with van der Waals surface area (Å²) in [5, 5.41) is 5.67. The lowest BCUT2D eigenvalue weighted by atomic mass is 9.72. The van der Waals surface area contributed by atoms with Crippen molar-refractivity contribution in [3.63, 3.8) is 0 Å². The molecule has 1 fully saturated rings. The predicted octanol–water partition coefficient (Wildman–Crippen LogP) is 1.69. The number of carbonyl (C=O) groups excluding carboxylic acids is 3. The van der Waals surface area contributed by atoms with Crippen molar-refractivity contribution in [1.29, 1.82) is 0 Å². The van der Waals surface area contributed by atoms with E-state index in [9.17, 15) is 14.4 Å². The van der Waals surface area contributed by atoms with Crippen molar-refractivity contribution in [2.24, 2.45) is 5.92 Å². The van der Waals surface area contributed by atoms with Gasteiger partial charge in [-0.05, 0) is 46.0 Å². The van der Waals surface area contributed by atoms with Crippen LogP contribution in [0.2, 0.25) is 0 Å². The maximum absolute atomic E-state index is 13.0. The van der Waals surface area contributed by atoms with Crippen LogP contribution < -0.4 is 10.6 Å². The van der Waals surface area contributed by atoms with Gasteiger partial charge >= 0.3 is 5.97 Å². The minimum Gasteiger partial charge on any atom is -0.459 e. The van der Waals surface area contributed by atoms with Gasteiger partial charge in [-0.1, -0.05) is 6.08 Å². The summed E-state index contributed by atoms with van der Waals surface area (Å²) in [6.45, 7) is 12.0. The third-order valence-electron chi connectivity index (χ3n) is 3.87. The Kier molecular flexibility index (Phi) is 5.97. The average Bonchev–Trinajstić information content (AvgIpc) is 2.37. The fourth-order valence-electron chi connectivity index (χ4n) is 3.01.